The molecule has 130 valence electrons. The Hall–Kier alpha value is -2.95. The van der Waals surface area contributed by atoms with Crippen LogP contribution >= 0.6 is 0 Å². The molecule has 0 amide bonds. The molecule has 0 aliphatic carbocycles. The Labute approximate surface area is 147 Å². The zero-order valence-corrected chi connectivity index (χ0v) is 14.8. The van der Waals surface area contributed by atoms with Crippen molar-refractivity contribution < 1.29 is 14.6 Å². The van der Waals surface area contributed by atoms with Crippen molar-refractivity contribution in [2.75, 3.05) is 19.0 Å². The highest BCUT2D eigenvalue weighted by Gasteiger charge is 2.19. The van der Waals surface area contributed by atoms with E-state index in [9.17, 15) is 10.2 Å². The molecule has 0 saturated heterocycles. The molecule has 0 aliphatic rings. The Morgan fingerprint density at radius 2 is 1.68 bits per heavy atom. The molecule has 0 spiro atoms. The lowest BCUT2D eigenvalue weighted by Gasteiger charge is -2.13. The van der Waals surface area contributed by atoms with Crippen molar-refractivity contribution in [3.63, 3.8) is 0 Å². The SMILES string of the molecule is CC(C)c1cc(-c2ncoc2-c2ccc(N(C)C)cc2)c(O)cc1O. The second kappa shape index (κ2) is 6.51. The molecule has 0 saturated carbocycles. The summed E-state index contributed by atoms with van der Waals surface area (Å²) in [5.41, 5.74) is 3.81. The van der Waals surface area contributed by atoms with Crippen molar-refractivity contribution in [1.29, 1.82) is 0 Å². The highest BCUT2D eigenvalue weighted by atomic mass is 16.3. The average Bonchev–Trinajstić information content (AvgIpc) is 3.04. The Bertz CT molecular complexity index is 880. The van der Waals surface area contributed by atoms with Gasteiger partial charge in [0.15, 0.2) is 12.2 Å². The normalized spacial score (nSPS) is 11.1. The maximum absolute atomic E-state index is 10.3. The fraction of sp³-hybridized carbons (Fsp3) is 0.250. The summed E-state index contributed by atoms with van der Waals surface area (Å²) in [5, 5.41) is 20.4. The minimum Gasteiger partial charge on any atom is -0.508 e. The second-order valence-corrected chi connectivity index (χ2v) is 6.55. The summed E-state index contributed by atoms with van der Waals surface area (Å²) in [6.07, 6.45) is 1.37. The van der Waals surface area contributed by atoms with E-state index in [0.29, 0.717) is 17.0 Å². The largest absolute Gasteiger partial charge is 0.508 e. The van der Waals surface area contributed by atoms with Gasteiger partial charge in [-0.1, -0.05) is 13.8 Å². The number of rotatable bonds is 4. The minimum atomic E-state index is -0.0260. The van der Waals surface area contributed by atoms with E-state index in [2.05, 4.69) is 4.98 Å². The van der Waals surface area contributed by atoms with Gasteiger partial charge in [-0.3, -0.25) is 0 Å². The number of oxazole rings is 1. The zero-order valence-electron chi connectivity index (χ0n) is 14.8. The molecule has 0 fully saturated rings. The number of nitrogens with zero attached hydrogens (tertiary/aromatic N) is 2. The predicted octanol–water partition coefficient (Wildman–Crippen LogP) is 4.61. The van der Waals surface area contributed by atoms with Gasteiger partial charge < -0.3 is 19.5 Å². The minimum absolute atomic E-state index is 0.0260. The summed E-state index contributed by atoms with van der Waals surface area (Å²) in [6.45, 7) is 3.97. The molecule has 3 aromatic rings. The molecule has 2 N–H and O–H groups in total. The summed E-state index contributed by atoms with van der Waals surface area (Å²) >= 11 is 0. The lowest BCUT2D eigenvalue weighted by Crippen LogP contribution is -2.07. The van der Waals surface area contributed by atoms with Gasteiger partial charge in [0.1, 0.15) is 17.2 Å². The van der Waals surface area contributed by atoms with Gasteiger partial charge in [-0.15, -0.1) is 0 Å². The van der Waals surface area contributed by atoms with Crippen LogP contribution in [0, 0.1) is 0 Å². The van der Waals surface area contributed by atoms with Crippen molar-refractivity contribution >= 4 is 5.69 Å². The van der Waals surface area contributed by atoms with Crippen LogP contribution in [-0.4, -0.2) is 29.3 Å². The number of benzene rings is 2. The maximum atomic E-state index is 10.3. The maximum Gasteiger partial charge on any atom is 0.182 e. The van der Waals surface area contributed by atoms with E-state index in [4.69, 9.17) is 4.42 Å². The third-order valence-electron chi connectivity index (χ3n) is 4.24. The first-order valence-corrected chi connectivity index (χ1v) is 8.16. The monoisotopic (exact) mass is 338 g/mol. The van der Waals surface area contributed by atoms with Crippen LogP contribution in [-0.2, 0) is 0 Å². The summed E-state index contributed by atoms with van der Waals surface area (Å²) in [7, 11) is 3.97. The number of anilines is 1. The Morgan fingerprint density at radius 1 is 1.00 bits per heavy atom. The molecule has 0 bridgehead atoms. The highest BCUT2D eigenvalue weighted by Crippen LogP contribution is 2.41. The van der Waals surface area contributed by atoms with Crippen LogP contribution in [0.5, 0.6) is 11.5 Å². The first-order valence-electron chi connectivity index (χ1n) is 8.16. The predicted molar refractivity (Wildman–Crippen MR) is 99.1 cm³/mol. The van der Waals surface area contributed by atoms with E-state index < -0.39 is 0 Å². The van der Waals surface area contributed by atoms with E-state index in [1.54, 1.807) is 6.07 Å². The first kappa shape index (κ1) is 16.9. The Kier molecular flexibility index (Phi) is 4.40. The van der Waals surface area contributed by atoms with Crippen LogP contribution in [0.3, 0.4) is 0 Å². The van der Waals surface area contributed by atoms with Crippen LogP contribution < -0.4 is 4.90 Å². The standard InChI is InChI=1S/C20H22N2O3/c1-12(2)15-9-16(18(24)10-17(15)23)19-20(25-11-21-19)13-5-7-14(8-6-13)22(3)4/h5-12,23-24H,1-4H3. The van der Waals surface area contributed by atoms with Crippen LogP contribution in [0.1, 0.15) is 25.3 Å². The summed E-state index contributed by atoms with van der Waals surface area (Å²) in [5.74, 6) is 0.758. The fourth-order valence-electron chi connectivity index (χ4n) is 2.80. The van der Waals surface area contributed by atoms with Gasteiger partial charge in [-0.05, 0) is 41.8 Å². The Balaban J connectivity index is 2.09. The molecule has 3 rings (SSSR count). The van der Waals surface area contributed by atoms with Crippen LogP contribution in [0.2, 0.25) is 0 Å². The van der Waals surface area contributed by atoms with Gasteiger partial charge >= 0.3 is 0 Å². The lowest BCUT2D eigenvalue weighted by atomic mass is 9.96. The molecular weight excluding hydrogens is 316 g/mol. The van der Waals surface area contributed by atoms with Crippen molar-refractivity contribution in [3.8, 4) is 34.1 Å². The zero-order chi connectivity index (χ0) is 18.1. The number of aromatic hydroxyl groups is 2. The smallest absolute Gasteiger partial charge is 0.182 e. The highest BCUT2D eigenvalue weighted by molar-refractivity contribution is 5.81. The summed E-state index contributed by atoms with van der Waals surface area (Å²) in [6, 6.07) is 11.0. The van der Waals surface area contributed by atoms with E-state index in [0.717, 1.165) is 16.8 Å². The number of hydrogen-bond acceptors (Lipinski definition) is 5. The molecule has 0 radical (unpaired) electrons. The lowest BCUT2D eigenvalue weighted by molar-refractivity contribution is 0.445. The van der Waals surface area contributed by atoms with E-state index >= 15 is 0 Å². The van der Waals surface area contributed by atoms with Crippen molar-refractivity contribution in [1.82, 2.24) is 4.98 Å². The van der Waals surface area contributed by atoms with Gasteiger partial charge in [0.05, 0.1) is 0 Å². The third kappa shape index (κ3) is 3.18. The van der Waals surface area contributed by atoms with Gasteiger partial charge in [-0.25, -0.2) is 4.98 Å². The molecule has 0 unspecified atom stereocenters. The van der Waals surface area contributed by atoms with Crippen molar-refractivity contribution in [2.24, 2.45) is 0 Å². The number of phenolic OH excluding ortho intramolecular Hbond substituents is 2. The topological polar surface area (TPSA) is 69.7 Å². The molecule has 0 atom stereocenters. The molecule has 2 aromatic carbocycles. The van der Waals surface area contributed by atoms with Crippen LogP contribution in [0.15, 0.2) is 47.2 Å². The van der Waals surface area contributed by atoms with Gasteiger partial charge in [-0.2, -0.15) is 0 Å². The van der Waals surface area contributed by atoms with E-state index in [1.165, 1.54) is 12.5 Å². The fourth-order valence-corrected chi connectivity index (χ4v) is 2.80. The van der Waals surface area contributed by atoms with E-state index in [1.807, 2.05) is 57.1 Å². The van der Waals surface area contributed by atoms with Crippen LogP contribution in [0.4, 0.5) is 5.69 Å². The molecule has 5 heteroatoms. The van der Waals surface area contributed by atoms with Crippen LogP contribution in [0.25, 0.3) is 22.6 Å². The number of aromatic nitrogens is 1. The first-order chi connectivity index (χ1) is 11.9. The molecule has 1 heterocycles. The van der Waals surface area contributed by atoms with Crippen molar-refractivity contribution in [2.45, 2.75) is 19.8 Å². The van der Waals surface area contributed by atoms with Gasteiger partial charge in [0.2, 0.25) is 0 Å². The molecule has 25 heavy (non-hydrogen) atoms. The molecule has 5 nitrogen and oxygen atoms in total. The van der Waals surface area contributed by atoms with Gasteiger partial charge in [0.25, 0.3) is 0 Å². The van der Waals surface area contributed by atoms with Crippen molar-refractivity contribution in [3.05, 3.63) is 48.4 Å². The molecule has 1 aromatic heterocycles. The number of hydrogen-bond donors (Lipinski definition) is 2. The Morgan fingerprint density at radius 3 is 2.28 bits per heavy atom. The number of phenols is 2. The quantitative estimate of drug-likeness (QED) is 0.727. The molecular formula is C20H22N2O3. The van der Waals surface area contributed by atoms with E-state index in [-0.39, 0.29) is 17.4 Å². The van der Waals surface area contributed by atoms with Gasteiger partial charge in [0, 0.05) is 37.0 Å². The summed E-state index contributed by atoms with van der Waals surface area (Å²) in [4.78, 5) is 6.31. The third-order valence-corrected chi connectivity index (χ3v) is 4.24. The molecule has 0 aliphatic heterocycles. The summed E-state index contributed by atoms with van der Waals surface area (Å²) < 4.78 is 5.59. The second-order valence-electron chi connectivity index (χ2n) is 6.55. The average molecular weight is 338 g/mol.